The van der Waals surface area contributed by atoms with Crippen molar-refractivity contribution in [2.45, 2.75) is 45.8 Å². The molecule has 0 heterocycles. The van der Waals surface area contributed by atoms with Gasteiger partial charge in [-0.15, -0.1) is 0 Å². The van der Waals surface area contributed by atoms with Crippen LogP contribution in [-0.2, 0) is 16.5 Å². The van der Waals surface area contributed by atoms with Crippen LogP contribution in [0.2, 0.25) is 45.8 Å². The molecule has 0 aliphatic heterocycles. The van der Waals surface area contributed by atoms with Crippen molar-refractivity contribution in [3.05, 3.63) is 152 Å². The summed E-state index contributed by atoms with van der Waals surface area (Å²) in [6, 6.07) is 52.7. The summed E-state index contributed by atoms with van der Waals surface area (Å²) in [6.07, 6.45) is 0. The van der Waals surface area contributed by atoms with E-state index in [1.54, 1.807) is 0 Å². The van der Waals surface area contributed by atoms with Gasteiger partial charge in [0.1, 0.15) is 0 Å². The SMILES string of the molecule is C[Si](C)(O[Si](C)(O[Si](C)(O[Si](C)(O[Si](C)(C)c1ccccc1)c1ccccc1)c1ccccc1)c1ccccc1)c1ccccc1. The van der Waals surface area contributed by atoms with Gasteiger partial charge in [-0.25, -0.2) is 0 Å². The number of hydrogen-bond acceptors (Lipinski definition) is 4. The lowest BCUT2D eigenvalue weighted by Gasteiger charge is -2.46. The predicted octanol–water partition coefficient (Wildman–Crippen LogP) is 6.22. The second-order valence-electron chi connectivity index (χ2n) is 13.1. The maximum Gasteiger partial charge on any atom is 0.352 e. The van der Waals surface area contributed by atoms with Gasteiger partial charge in [-0.2, -0.15) is 0 Å². The molecule has 9 heteroatoms. The lowest BCUT2D eigenvalue weighted by Crippen LogP contribution is -2.72. The van der Waals surface area contributed by atoms with Crippen LogP contribution >= 0.6 is 0 Å². The van der Waals surface area contributed by atoms with Crippen LogP contribution in [0.25, 0.3) is 0 Å². The van der Waals surface area contributed by atoms with Crippen molar-refractivity contribution in [3.8, 4) is 0 Å². The van der Waals surface area contributed by atoms with Crippen molar-refractivity contribution < 1.29 is 16.5 Å². The third-order valence-electron chi connectivity index (χ3n) is 8.51. The van der Waals surface area contributed by atoms with E-state index >= 15 is 0 Å². The standard InChI is InChI=1S/C37H46O4Si5/c1-42(2,33-23-13-8-14-24-33)38-44(5,35-27-17-10-18-28-35)40-46(7,37-31-21-12-22-32-37)41-45(6,36-29-19-11-20-30-36)39-43(3,4)34-25-15-9-16-26-34/h8-32H,1-7H3. The maximum absolute atomic E-state index is 7.63. The Bertz CT molecular complexity index is 1570. The van der Waals surface area contributed by atoms with Crippen molar-refractivity contribution >= 4 is 68.3 Å². The molecule has 5 rings (SSSR count). The van der Waals surface area contributed by atoms with Crippen molar-refractivity contribution in [1.29, 1.82) is 0 Å². The van der Waals surface area contributed by atoms with Gasteiger partial charge in [0, 0.05) is 0 Å². The van der Waals surface area contributed by atoms with Crippen LogP contribution in [0, 0.1) is 0 Å². The summed E-state index contributed by atoms with van der Waals surface area (Å²) in [6.45, 7) is 15.6. The molecule has 0 radical (unpaired) electrons. The lowest BCUT2D eigenvalue weighted by atomic mass is 10.4. The Morgan fingerprint density at radius 1 is 0.261 bits per heavy atom. The maximum atomic E-state index is 7.63. The molecule has 0 spiro atoms. The lowest BCUT2D eigenvalue weighted by molar-refractivity contribution is 0.314. The second-order valence-corrected chi connectivity index (χ2v) is 31.0. The fourth-order valence-electron chi connectivity index (χ4n) is 6.15. The molecule has 0 saturated heterocycles. The molecule has 5 aromatic carbocycles. The molecule has 0 N–H and O–H groups in total. The van der Waals surface area contributed by atoms with Crippen LogP contribution in [0.3, 0.4) is 0 Å². The largest absolute Gasteiger partial charge is 0.429 e. The summed E-state index contributed by atoms with van der Waals surface area (Å²) in [4.78, 5) is 0. The topological polar surface area (TPSA) is 36.9 Å². The molecule has 2 unspecified atom stereocenters. The van der Waals surface area contributed by atoms with Gasteiger partial charge >= 0.3 is 25.7 Å². The van der Waals surface area contributed by atoms with E-state index in [-0.39, 0.29) is 0 Å². The highest BCUT2D eigenvalue weighted by molar-refractivity contribution is 7.03. The van der Waals surface area contributed by atoms with Crippen LogP contribution in [0.15, 0.2) is 152 Å². The van der Waals surface area contributed by atoms with E-state index in [0.717, 1.165) is 15.6 Å². The molecular formula is C37H46O4Si5. The molecule has 2 atom stereocenters. The predicted molar refractivity (Wildman–Crippen MR) is 205 cm³/mol. The second kappa shape index (κ2) is 14.0. The van der Waals surface area contributed by atoms with Crippen molar-refractivity contribution in [2.24, 2.45) is 0 Å². The molecule has 0 fully saturated rings. The highest BCUT2D eigenvalue weighted by Crippen LogP contribution is 2.27. The zero-order valence-electron chi connectivity index (χ0n) is 28.1. The molecule has 0 bridgehead atoms. The minimum Gasteiger partial charge on any atom is -0.429 e. The van der Waals surface area contributed by atoms with Gasteiger partial charge < -0.3 is 16.5 Å². The first kappa shape index (κ1) is 34.4. The van der Waals surface area contributed by atoms with Crippen molar-refractivity contribution in [3.63, 3.8) is 0 Å². The molecule has 5 aromatic rings. The van der Waals surface area contributed by atoms with E-state index in [1.807, 2.05) is 18.2 Å². The van der Waals surface area contributed by atoms with Gasteiger partial charge in [0.15, 0.2) is 0 Å². The third-order valence-corrected chi connectivity index (χ3v) is 29.5. The van der Waals surface area contributed by atoms with Crippen LogP contribution in [-0.4, -0.2) is 42.3 Å². The van der Waals surface area contributed by atoms with Crippen molar-refractivity contribution in [2.75, 3.05) is 0 Å². The first-order valence-electron chi connectivity index (χ1n) is 15.9. The van der Waals surface area contributed by atoms with E-state index in [1.165, 1.54) is 10.4 Å². The Kier molecular flexibility index (Phi) is 10.5. The summed E-state index contributed by atoms with van der Waals surface area (Å²) >= 11 is 0. The normalized spacial score (nSPS) is 16.2. The first-order valence-corrected chi connectivity index (χ1v) is 28.7. The first-order chi connectivity index (χ1) is 21.9. The Labute approximate surface area is 281 Å². The van der Waals surface area contributed by atoms with E-state index in [2.05, 4.69) is 179 Å². The smallest absolute Gasteiger partial charge is 0.352 e. The molecule has 46 heavy (non-hydrogen) atoms. The molecule has 0 amide bonds. The van der Waals surface area contributed by atoms with Gasteiger partial charge in [0.05, 0.1) is 0 Å². The Balaban J connectivity index is 1.63. The fourth-order valence-corrected chi connectivity index (χ4v) is 29.7. The van der Waals surface area contributed by atoms with E-state index < -0.39 is 42.3 Å². The van der Waals surface area contributed by atoms with Crippen LogP contribution in [0.1, 0.15) is 0 Å². The molecule has 0 saturated carbocycles. The quantitative estimate of drug-likeness (QED) is 0.137. The van der Waals surface area contributed by atoms with Gasteiger partial charge in [-0.05, 0) is 71.8 Å². The van der Waals surface area contributed by atoms with Gasteiger partial charge in [0.25, 0.3) is 0 Å². The van der Waals surface area contributed by atoms with E-state index in [9.17, 15) is 0 Å². The molecule has 0 aliphatic rings. The summed E-state index contributed by atoms with van der Waals surface area (Å²) in [5, 5.41) is 5.71. The summed E-state index contributed by atoms with van der Waals surface area (Å²) < 4.78 is 30.1. The zero-order valence-corrected chi connectivity index (χ0v) is 33.1. The molecule has 0 aromatic heterocycles. The van der Waals surface area contributed by atoms with Gasteiger partial charge in [0.2, 0.25) is 16.6 Å². The molecular weight excluding hydrogens is 649 g/mol. The summed E-state index contributed by atoms with van der Waals surface area (Å²) in [5.41, 5.74) is 0. The highest BCUT2D eigenvalue weighted by Gasteiger charge is 2.54. The van der Waals surface area contributed by atoms with Crippen LogP contribution in [0.4, 0.5) is 0 Å². The van der Waals surface area contributed by atoms with E-state index in [4.69, 9.17) is 16.5 Å². The van der Waals surface area contributed by atoms with E-state index in [0.29, 0.717) is 0 Å². The van der Waals surface area contributed by atoms with Gasteiger partial charge in [-0.3, -0.25) is 0 Å². The number of hydrogen-bond donors (Lipinski definition) is 0. The minimum absolute atomic E-state index is 1.06. The van der Waals surface area contributed by atoms with Crippen LogP contribution in [0.5, 0.6) is 0 Å². The minimum atomic E-state index is -3.25. The zero-order chi connectivity index (χ0) is 32.9. The summed E-state index contributed by atoms with van der Waals surface area (Å²) in [5.74, 6) is 0. The Hall–Kier alpha value is -2.98. The van der Waals surface area contributed by atoms with Crippen molar-refractivity contribution in [1.82, 2.24) is 0 Å². The Morgan fingerprint density at radius 3 is 0.696 bits per heavy atom. The average Bonchev–Trinajstić information content (AvgIpc) is 3.06. The molecule has 0 aliphatic carbocycles. The monoisotopic (exact) mass is 694 g/mol. The summed E-state index contributed by atoms with van der Waals surface area (Å²) in [7, 11) is -14.3. The average molecular weight is 695 g/mol. The molecule has 4 nitrogen and oxygen atoms in total. The molecule has 238 valence electrons. The van der Waals surface area contributed by atoms with Crippen LogP contribution < -0.4 is 25.9 Å². The number of benzene rings is 5. The Morgan fingerprint density at radius 2 is 0.457 bits per heavy atom. The third kappa shape index (κ3) is 7.93. The highest BCUT2D eigenvalue weighted by atomic mass is 28.5. The number of rotatable bonds is 13. The van der Waals surface area contributed by atoms with Gasteiger partial charge in [-0.1, -0.05) is 152 Å². The fraction of sp³-hybridized carbons (Fsp3) is 0.189.